The van der Waals surface area contributed by atoms with Gasteiger partial charge in [-0.05, 0) is 42.3 Å². The smallest absolute Gasteiger partial charge is 0.137 e. The van der Waals surface area contributed by atoms with Crippen LogP contribution in [0, 0.1) is 5.41 Å². The summed E-state index contributed by atoms with van der Waals surface area (Å²) in [4.78, 5) is 6.85. The Morgan fingerprint density at radius 2 is 1.79 bits per heavy atom. The highest BCUT2D eigenvalue weighted by Gasteiger charge is 2.32. The number of anilines is 2. The van der Waals surface area contributed by atoms with Crippen molar-refractivity contribution < 1.29 is 0 Å². The maximum absolute atomic E-state index is 4.61. The number of benzene rings is 1. The number of para-hydroxylation sites is 1. The molecule has 0 amide bonds. The van der Waals surface area contributed by atoms with Gasteiger partial charge in [-0.25, -0.2) is 4.98 Å². The molecule has 24 heavy (non-hydrogen) atoms. The zero-order valence-electron chi connectivity index (χ0n) is 13.8. The number of aromatic nitrogens is 1. The first-order chi connectivity index (χ1) is 11.8. The monoisotopic (exact) mass is 312 g/mol. The standard InChI is InChI=1S/C22H20N2/c1-22-15-7-5-12-19(22)20(13-9-16-22)24(18-10-3-2-4-11-18)21-14-6-8-17-23-21/h2-15,17H,16H2,1H3. The lowest BCUT2D eigenvalue weighted by molar-refractivity contribution is 0.519. The van der Waals surface area contributed by atoms with E-state index in [9.17, 15) is 0 Å². The Labute approximate surface area is 143 Å². The lowest BCUT2D eigenvalue weighted by atomic mass is 9.73. The predicted molar refractivity (Wildman–Crippen MR) is 100.0 cm³/mol. The summed E-state index contributed by atoms with van der Waals surface area (Å²) in [6.07, 6.45) is 16.2. The maximum atomic E-state index is 4.61. The van der Waals surface area contributed by atoms with E-state index >= 15 is 0 Å². The lowest BCUT2D eigenvalue weighted by Crippen LogP contribution is -2.27. The molecule has 1 unspecified atom stereocenters. The van der Waals surface area contributed by atoms with Gasteiger partial charge in [0, 0.05) is 17.3 Å². The molecule has 0 spiro atoms. The molecular weight excluding hydrogens is 292 g/mol. The van der Waals surface area contributed by atoms with Gasteiger partial charge in [0.25, 0.3) is 0 Å². The van der Waals surface area contributed by atoms with E-state index in [-0.39, 0.29) is 5.41 Å². The Kier molecular flexibility index (Phi) is 3.66. The molecule has 0 radical (unpaired) electrons. The largest absolute Gasteiger partial charge is 0.295 e. The summed E-state index contributed by atoms with van der Waals surface area (Å²) in [6.45, 7) is 2.30. The number of allylic oxidation sites excluding steroid dienone is 7. The van der Waals surface area contributed by atoms with E-state index in [1.807, 2.05) is 24.4 Å². The molecule has 2 aromatic rings. The van der Waals surface area contributed by atoms with Crippen LogP contribution >= 0.6 is 0 Å². The Balaban J connectivity index is 1.93. The van der Waals surface area contributed by atoms with Gasteiger partial charge in [0.05, 0.1) is 5.70 Å². The highest BCUT2D eigenvalue weighted by molar-refractivity contribution is 5.70. The molecule has 4 rings (SSSR count). The SMILES string of the molecule is CC12C=CC=CC1=C(N(c1ccccc1)c1ccccn1)C=CC2. The van der Waals surface area contributed by atoms with E-state index in [0.717, 1.165) is 17.9 Å². The first-order valence-corrected chi connectivity index (χ1v) is 8.31. The molecule has 2 aliphatic rings. The topological polar surface area (TPSA) is 16.1 Å². The average molecular weight is 312 g/mol. The van der Waals surface area contributed by atoms with Crippen molar-refractivity contribution in [3.8, 4) is 0 Å². The van der Waals surface area contributed by atoms with Crippen LogP contribution in [0.1, 0.15) is 13.3 Å². The molecule has 0 N–H and O–H groups in total. The summed E-state index contributed by atoms with van der Waals surface area (Å²) in [5.74, 6) is 0.933. The summed E-state index contributed by atoms with van der Waals surface area (Å²) in [5.41, 5.74) is 3.69. The first-order valence-electron chi connectivity index (χ1n) is 8.31. The number of pyridine rings is 1. The maximum Gasteiger partial charge on any atom is 0.137 e. The normalized spacial score (nSPS) is 21.7. The van der Waals surface area contributed by atoms with Crippen molar-refractivity contribution in [1.82, 2.24) is 4.98 Å². The van der Waals surface area contributed by atoms with Crippen LogP contribution in [0.3, 0.4) is 0 Å². The van der Waals surface area contributed by atoms with Crippen LogP contribution in [0.2, 0.25) is 0 Å². The minimum Gasteiger partial charge on any atom is -0.295 e. The minimum absolute atomic E-state index is 0.0423. The second kappa shape index (κ2) is 5.97. The van der Waals surface area contributed by atoms with Crippen molar-refractivity contribution >= 4 is 11.5 Å². The van der Waals surface area contributed by atoms with E-state index < -0.39 is 0 Å². The predicted octanol–water partition coefficient (Wildman–Crippen LogP) is 5.57. The van der Waals surface area contributed by atoms with E-state index in [0.29, 0.717) is 0 Å². The fourth-order valence-corrected chi connectivity index (χ4v) is 3.41. The molecular formula is C22H20N2. The third-order valence-electron chi connectivity index (χ3n) is 4.68. The number of hydrogen-bond acceptors (Lipinski definition) is 2. The Bertz CT molecular complexity index is 805. The molecule has 118 valence electrons. The highest BCUT2D eigenvalue weighted by atomic mass is 15.2. The van der Waals surface area contributed by atoms with E-state index in [1.165, 1.54) is 11.3 Å². The molecule has 1 aromatic carbocycles. The fraction of sp³-hybridized carbons (Fsp3) is 0.136. The van der Waals surface area contributed by atoms with Crippen molar-refractivity contribution in [1.29, 1.82) is 0 Å². The lowest BCUT2D eigenvalue weighted by Gasteiger charge is -2.37. The van der Waals surface area contributed by atoms with Gasteiger partial charge in [-0.15, -0.1) is 0 Å². The number of fused-ring (bicyclic) bond motifs is 1. The van der Waals surface area contributed by atoms with Crippen LogP contribution in [-0.2, 0) is 0 Å². The number of nitrogens with zero attached hydrogens (tertiary/aromatic N) is 2. The van der Waals surface area contributed by atoms with Gasteiger partial charge in [-0.1, -0.05) is 61.6 Å². The summed E-state index contributed by atoms with van der Waals surface area (Å²) >= 11 is 0. The van der Waals surface area contributed by atoms with Crippen LogP contribution in [-0.4, -0.2) is 4.98 Å². The zero-order valence-corrected chi connectivity index (χ0v) is 13.8. The molecule has 1 heterocycles. The zero-order chi connectivity index (χ0) is 16.4. The van der Waals surface area contributed by atoms with Gasteiger partial charge in [-0.3, -0.25) is 4.90 Å². The second-order valence-corrected chi connectivity index (χ2v) is 6.40. The van der Waals surface area contributed by atoms with Gasteiger partial charge in [0.2, 0.25) is 0 Å². The Morgan fingerprint density at radius 1 is 0.958 bits per heavy atom. The van der Waals surface area contributed by atoms with Gasteiger partial charge >= 0.3 is 0 Å². The molecule has 1 atom stereocenters. The van der Waals surface area contributed by atoms with E-state index in [1.54, 1.807) is 0 Å². The summed E-state index contributed by atoms with van der Waals surface area (Å²) in [6, 6.07) is 16.5. The van der Waals surface area contributed by atoms with Crippen LogP contribution < -0.4 is 4.90 Å². The summed E-state index contributed by atoms with van der Waals surface area (Å²) in [7, 11) is 0. The van der Waals surface area contributed by atoms with Crippen molar-refractivity contribution in [3.05, 3.63) is 102 Å². The molecule has 2 heteroatoms. The molecule has 1 aromatic heterocycles. The van der Waals surface area contributed by atoms with E-state index in [4.69, 9.17) is 0 Å². The summed E-state index contributed by atoms with van der Waals surface area (Å²) < 4.78 is 0. The summed E-state index contributed by atoms with van der Waals surface area (Å²) in [5, 5.41) is 0. The minimum atomic E-state index is 0.0423. The van der Waals surface area contributed by atoms with Crippen LogP contribution in [0.4, 0.5) is 11.5 Å². The van der Waals surface area contributed by atoms with E-state index in [2.05, 4.69) is 83.6 Å². The van der Waals surface area contributed by atoms with Gasteiger partial charge in [0.15, 0.2) is 0 Å². The fourth-order valence-electron chi connectivity index (χ4n) is 3.41. The molecule has 2 nitrogen and oxygen atoms in total. The van der Waals surface area contributed by atoms with Crippen molar-refractivity contribution in [2.45, 2.75) is 13.3 Å². The van der Waals surface area contributed by atoms with Crippen molar-refractivity contribution in [2.24, 2.45) is 5.41 Å². The highest BCUT2D eigenvalue weighted by Crippen LogP contribution is 2.44. The van der Waals surface area contributed by atoms with Crippen LogP contribution in [0.25, 0.3) is 0 Å². The van der Waals surface area contributed by atoms with Gasteiger partial charge < -0.3 is 0 Å². The number of hydrogen-bond donors (Lipinski definition) is 0. The molecule has 0 aliphatic heterocycles. The van der Waals surface area contributed by atoms with Crippen LogP contribution in [0.15, 0.2) is 102 Å². The molecule has 0 fully saturated rings. The first kappa shape index (κ1) is 14.7. The van der Waals surface area contributed by atoms with Gasteiger partial charge in [-0.2, -0.15) is 0 Å². The van der Waals surface area contributed by atoms with Gasteiger partial charge in [0.1, 0.15) is 5.82 Å². The molecule has 2 aliphatic carbocycles. The molecule has 0 saturated carbocycles. The third-order valence-corrected chi connectivity index (χ3v) is 4.68. The quantitative estimate of drug-likeness (QED) is 0.737. The third kappa shape index (κ3) is 2.50. The number of rotatable bonds is 3. The van der Waals surface area contributed by atoms with Crippen molar-refractivity contribution in [2.75, 3.05) is 4.90 Å². The Morgan fingerprint density at radius 3 is 2.58 bits per heavy atom. The van der Waals surface area contributed by atoms with Crippen LogP contribution in [0.5, 0.6) is 0 Å². The average Bonchev–Trinajstić information content (AvgIpc) is 2.63. The molecule has 0 bridgehead atoms. The second-order valence-electron chi connectivity index (χ2n) is 6.40. The Hall–Kier alpha value is -2.87. The molecule has 0 saturated heterocycles. The van der Waals surface area contributed by atoms with Crippen molar-refractivity contribution in [3.63, 3.8) is 0 Å².